The summed E-state index contributed by atoms with van der Waals surface area (Å²) in [5.74, 6) is 1.70. The van der Waals surface area contributed by atoms with E-state index < -0.39 is 0 Å². The van der Waals surface area contributed by atoms with E-state index in [1.54, 1.807) is 14.0 Å². The average molecular weight is 335 g/mol. The van der Waals surface area contributed by atoms with Crippen molar-refractivity contribution in [2.75, 3.05) is 13.7 Å². The van der Waals surface area contributed by atoms with Gasteiger partial charge in [0.15, 0.2) is 0 Å². The summed E-state index contributed by atoms with van der Waals surface area (Å²) in [6.45, 7) is 4.37. The minimum Gasteiger partial charge on any atom is -0.497 e. The molecule has 3 aromatic rings. The summed E-state index contributed by atoms with van der Waals surface area (Å²) < 4.78 is 13.1. The Balaban J connectivity index is 2.11. The Morgan fingerprint density at radius 3 is 2.60 bits per heavy atom. The van der Waals surface area contributed by atoms with Crippen LogP contribution in [0.5, 0.6) is 11.5 Å². The molecule has 0 atom stereocenters. The summed E-state index contributed by atoms with van der Waals surface area (Å²) in [5.41, 5.74) is 5.25. The highest BCUT2D eigenvalue weighted by molar-refractivity contribution is 6.04. The third-order valence-corrected chi connectivity index (χ3v) is 4.88. The third-order valence-electron chi connectivity index (χ3n) is 4.88. The van der Waals surface area contributed by atoms with Gasteiger partial charge in [-0.1, -0.05) is 6.07 Å². The molecule has 25 heavy (non-hydrogen) atoms. The smallest absolute Gasteiger partial charge is 0.228 e. The van der Waals surface area contributed by atoms with Crippen LogP contribution >= 0.6 is 0 Å². The zero-order chi connectivity index (χ0) is 17.6. The van der Waals surface area contributed by atoms with E-state index in [1.165, 1.54) is 5.56 Å². The summed E-state index contributed by atoms with van der Waals surface area (Å²) in [6, 6.07) is 12.0. The molecule has 0 saturated carbocycles. The molecule has 1 aliphatic heterocycles. The van der Waals surface area contributed by atoms with Crippen LogP contribution in [-0.2, 0) is 6.42 Å². The largest absolute Gasteiger partial charge is 0.497 e. The quantitative estimate of drug-likeness (QED) is 0.686. The van der Waals surface area contributed by atoms with E-state index in [4.69, 9.17) is 9.47 Å². The predicted molar refractivity (Wildman–Crippen MR) is 98.8 cm³/mol. The first-order valence-corrected chi connectivity index (χ1v) is 8.57. The van der Waals surface area contributed by atoms with Gasteiger partial charge in [-0.05, 0) is 66.8 Å². The van der Waals surface area contributed by atoms with E-state index in [0.717, 1.165) is 52.1 Å². The van der Waals surface area contributed by atoms with Gasteiger partial charge in [-0.15, -0.1) is 0 Å². The van der Waals surface area contributed by atoms with E-state index in [-0.39, 0.29) is 5.91 Å². The molecular formula is C21H21NO3. The van der Waals surface area contributed by atoms with Crippen molar-refractivity contribution in [1.82, 2.24) is 4.57 Å². The Kier molecular flexibility index (Phi) is 3.75. The van der Waals surface area contributed by atoms with Gasteiger partial charge in [0.05, 0.1) is 24.9 Å². The molecule has 1 aromatic heterocycles. The first-order chi connectivity index (χ1) is 12.1. The maximum absolute atomic E-state index is 12.6. The number of aromatic nitrogens is 1. The van der Waals surface area contributed by atoms with E-state index in [2.05, 4.69) is 0 Å². The molecule has 0 aliphatic carbocycles. The number of methoxy groups -OCH3 is 1. The second-order valence-electron chi connectivity index (χ2n) is 6.47. The van der Waals surface area contributed by atoms with Crippen molar-refractivity contribution < 1.29 is 14.3 Å². The van der Waals surface area contributed by atoms with Crippen molar-refractivity contribution in [2.45, 2.75) is 26.7 Å². The van der Waals surface area contributed by atoms with E-state index in [1.807, 2.05) is 47.9 Å². The van der Waals surface area contributed by atoms with Crippen molar-refractivity contribution in [1.29, 1.82) is 0 Å². The van der Waals surface area contributed by atoms with Gasteiger partial charge in [0, 0.05) is 12.3 Å². The fraction of sp³-hybridized carbons (Fsp3) is 0.286. The van der Waals surface area contributed by atoms with Crippen LogP contribution < -0.4 is 9.47 Å². The number of nitrogens with zero attached hydrogens (tertiary/aromatic N) is 1. The zero-order valence-corrected chi connectivity index (χ0v) is 14.8. The Hall–Kier alpha value is -2.75. The van der Waals surface area contributed by atoms with Crippen molar-refractivity contribution in [3.8, 4) is 22.8 Å². The van der Waals surface area contributed by atoms with Crippen LogP contribution in [0.1, 0.15) is 29.3 Å². The fourth-order valence-electron chi connectivity index (χ4n) is 3.78. The molecular weight excluding hydrogens is 314 g/mol. The van der Waals surface area contributed by atoms with Crippen LogP contribution in [0.2, 0.25) is 0 Å². The monoisotopic (exact) mass is 335 g/mol. The Morgan fingerprint density at radius 1 is 1.16 bits per heavy atom. The molecule has 0 unspecified atom stereocenters. The molecule has 4 rings (SSSR count). The number of benzene rings is 2. The summed E-state index contributed by atoms with van der Waals surface area (Å²) in [5, 5.41) is 1.08. The number of carbonyl (C=O) groups is 1. The summed E-state index contributed by atoms with van der Waals surface area (Å²) in [7, 11) is 1.66. The lowest BCUT2D eigenvalue weighted by Gasteiger charge is -2.12. The maximum Gasteiger partial charge on any atom is 0.228 e. The molecule has 0 saturated heterocycles. The minimum atomic E-state index is 0.0166. The molecule has 2 aromatic carbocycles. The summed E-state index contributed by atoms with van der Waals surface area (Å²) in [4.78, 5) is 12.6. The second kappa shape index (κ2) is 5.96. The molecule has 0 bridgehead atoms. The lowest BCUT2D eigenvalue weighted by molar-refractivity contribution is 0.0943. The summed E-state index contributed by atoms with van der Waals surface area (Å²) in [6.07, 6.45) is 1.84. The van der Waals surface area contributed by atoms with Crippen LogP contribution in [0.15, 0.2) is 36.4 Å². The Bertz CT molecular complexity index is 967. The first kappa shape index (κ1) is 15.8. The van der Waals surface area contributed by atoms with Crippen molar-refractivity contribution in [2.24, 2.45) is 0 Å². The Labute approximate surface area is 147 Å². The number of carbonyl (C=O) groups excluding carboxylic acids is 1. The maximum atomic E-state index is 12.6. The normalized spacial score (nSPS) is 13.4. The van der Waals surface area contributed by atoms with Crippen LogP contribution in [0.3, 0.4) is 0 Å². The number of hydrogen-bond acceptors (Lipinski definition) is 3. The second-order valence-corrected chi connectivity index (χ2v) is 6.47. The topological polar surface area (TPSA) is 40.5 Å². The van der Waals surface area contributed by atoms with Gasteiger partial charge in [-0.25, -0.2) is 0 Å². The first-order valence-electron chi connectivity index (χ1n) is 8.57. The highest BCUT2D eigenvalue weighted by atomic mass is 16.5. The lowest BCUT2D eigenvalue weighted by Crippen LogP contribution is -2.09. The molecule has 0 spiro atoms. The standard InChI is InChI=1S/C21H21NO3/c1-13-6-11-18-19-17(5-4-12-25-18)21(22(14(2)23)20(13)19)15-7-9-16(24-3)10-8-15/h6-11H,4-5,12H2,1-3H3. The van der Waals surface area contributed by atoms with Gasteiger partial charge in [-0.3, -0.25) is 9.36 Å². The molecule has 0 amide bonds. The molecule has 4 nitrogen and oxygen atoms in total. The van der Waals surface area contributed by atoms with Crippen molar-refractivity contribution >= 4 is 16.8 Å². The van der Waals surface area contributed by atoms with E-state index in [0.29, 0.717) is 6.61 Å². The predicted octanol–water partition coefficient (Wildman–Crippen LogP) is 4.61. The van der Waals surface area contributed by atoms with E-state index >= 15 is 0 Å². The molecule has 0 radical (unpaired) electrons. The highest BCUT2D eigenvalue weighted by Gasteiger charge is 2.26. The number of hydrogen-bond donors (Lipinski definition) is 0. The third kappa shape index (κ3) is 2.40. The summed E-state index contributed by atoms with van der Waals surface area (Å²) >= 11 is 0. The van der Waals surface area contributed by atoms with Crippen LogP contribution in [0.4, 0.5) is 0 Å². The van der Waals surface area contributed by atoms with Crippen LogP contribution in [0, 0.1) is 6.92 Å². The van der Waals surface area contributed by atoms with Crippen molar-refractivity contribution in [3.63, 3.8) is 0 Å². The number of rotatable bonds is 2. The van der Waals surface area contributed by atoms with E-state index in [9.17, 15) is 4.79 Å². The van der Waals surface area contributed by atoms with Crippen molar-refractivity contribution in [3.05, 3.63) is 47.5 Å². The molecule has 2 heterocycles. The molecule has 128 valence electrons. The number of aryl methyl sites for hydroxylation is 2. The molecule has 0 N–H and O–H groups in total. The fourth-order valence-corrected chi connectivity index (χ4v) is 3.78. The van der Waals surface area contributed by atoms with Gasteiger partial charge >= 0.3 is 0 Å². The zero-order valence-electron chi connectivity index (χ0n) is 14.8. The number of ether oxygens (including phenoxy) is 2. The van der Waals surface area contributed by atoms with Gasteiger partial charge in [0.1, 0.15) is 11.5 Å². The Morgan fingerprint density at radius 2 is 1.92 bits per heavy atom. The van der Waals surface area contributed by atoms with Crippen LogP contribution in [-0.4, -0.2) is 24.2 Å². The minimum absolute atomic E-state index is 0.0166. The molecule has 0 fully saturated rings. The lowest BCUT2D eigenvalue weighted by atomic mass is 10.0. The highest BCUT2D eigenvalue weighted by Crippen LogP contribution is 2.42. The molecule has 1 aliphatic rings. The molecule has 4 heteroatoms. The van der Waals surface area contributed by atoms with Gasteiger partial charge in [0.25, 0.3) is 0 Å². The SMILES string of the molecule is COc1ccc(-c2c3c4c(ccc(C)c4n2C(C)=O)OCCC3)cc1. The van der Waals surface area contributed by atoms with Gasteiger partial charge < -0.3 is 9.47 Å². The van der Waals surface area contributed by atoms with Gasteiger partial charge in [-0.2, -0.15) is 0 Å². The average Bonchev–Trinajstić information content (AvgIpc) is 2.83. The van der Waals surface area contributed by atoms with Gasteiger partial charge in [0.2, 0.25) is 5.91 Å². The van der Waals surface area contributed by atoms with Crippen LogP contribution in [0.25, 0.3) is 22.2 Å².